The van der Waals surface area contributed by atoms with E-state index >= 15 is 0 Å². The summed E-state index contributed by atoms with van der Waals surface area (Å²) in [6.07, 6.45) is 6.71. The van der Waals surface area contributed by atoms with Crippen LogP contribution in [-0.4, -0.2) is 64.7 Å². The number of likely N-dealkylation sites (N-methyl/N-ethyl adjacent to an activating group) is 1. The topological polar surface area (TPSA) is 72.9 Å². The lowest BCUT2D eigenvalue weighted by Crippen LogP contribution is -2.58. The lowest BCUT2D eigenvalue weighted by Gasteiger charge is -2.43. The van der Waals surface area contributed by atoms with Crippen LogP contribution >= 0.6 is 0 Å². The monoisotopic (exact) mass is 309 g/mol. The maximum absolute atomic E-state index is 12.4. The number of carboxylic acids is 1. The number of likely N-dealkylation sites (tertiary alicyclic amines) is 1. The van der Waals surface area contributed by atoms with Gasteiger partial charge in [-0.3, -0.25) is 9.69 Å². The van der Waals surface area contributed by atoms with Gasteiger partial charge in [0.2, 0.25) is 0 Å². The number of nitrogens with zero attached hydrogens (tertiary/aromatic N) is 2. The van der Waals surface area contributed by atoms with Crippen molar-refractivity contribution < 1.29 is 14.7 Å². The third-order valence-electron chi connectivity index (χ3n) is 4.78. The fraction of sp³-hybridized carbons (Fsp3) is 0.750. The second kappa shape index (κ2) is 7.63. The van der Waals surface area contributed by atoms with Crippen LogP contribution in [0.5, 0.6) is 0 Å². The van der Waals surface area contributed by atoms with Gasteiger partial charge in [0.1, 0.15) is 0 Å². The van der Waals surface area contributed by atoms with E-state index in [1.165, 1.54) is 0 Å². The molecule has 6 nitrogen and oxygen atoms in total. The third-order valence-corrected chi connectivity index (χ3v) is 4.78. The van der Waals surface area contributed by atoms with Crippen molar-refractivity contribution in [3.63, 3.8) is 0 Å². The van der Waals surface area contributed by atoms with E-state index in [4.69, 9.17) is 5.11 Å². The number of piperidine rings is 1. The van der Waals surface area contributed by atoms with Gasteiger partial charge < -0.3 is 15.3 Å². The molecule has 1 saturated heterocycles. The number of aliphatic carboxylic acids is 1. The normalized spacial score (nSPS) is 28.1. The Morgan fingerprint density at radius 1 is 1.41 bits per heavy atom. The summed E-state index contributed by atoms with van der Waals surface area (Å²) in [7, 11) is 0. The first-order valence-electron chi connectivity index (χ1n) is 8.20. The fourth-order valence-electron chi connectivity index (χ4n) is 3.39. The van der Waals surface area contributed by atoms with E-state index in [0.717, 1.165) is 45.2 Å². The minimum absolute atomic E-state index is 0.00525. The van der Waals surface area contributed by atoms with Crippen molar-refractivity contribution in [2.24, 2.45) is 0 Å². The molecule has 22 heavy (non-hydrogen) atoms. The van der Waals surface area contributed by atoms with Gasteiger partial charge in [-0.1, -0.05) is 13.0 Å². The number of hydrogen-bond acceptors (Lipinski definition) is 3. The Morgan fingerprint density at radius 3 is 2.73 bits per heavy atom. The first kappa shape index (κ1) is 16.8. The minimum Gasteiger partial charge on any atom is -0.480 e. The zero-order chi connectivity index (χ0) is 16.1. The van der Waals surface area contributed by atoms with Gasteiger partial charge in [0, 0.05) is 18.6 Å². The predicted molar refractivity (Wildman–Crippen MR) is 84.8 cm³/mol. The molecule has 1 aliphatic heterocycles. The summed E-state index contributed by atoms with van der Waals surface area (Å²) in [5, 5.41) is 12.0. The van der Waals surface area contributed by atoms with E-state index in [0.29, 0.717) is 0 Å². The summed E-state index contributed by atoms with van der Waals surface area (Å²) in [5.74, 6) is -0.795. The molecule has 1 heterocycles. The van der Waals surface area contributed by atoms with Crippen molar-refractivity contribution in [3.05, 3.63) is 12.7 Å². The number of amides is 2. The molecular formula is C16H27N3O3. The van der Waals surface area contributed by atoms with E-state index in [9.17, 15) is 9.59 Å². The molecule has 0 aromatic carbocycles. The highest BCUT2D eigenvalue weighted by Gasteiger charge is 2.36. The van der Waals surface area contributed by atoms with Crippen molar-refractivity contribution >= 4 is 12.0 Å². The second-order valence-electron chi connectivity index (χ2n) is 6.22. The third kappa shape index (κ3) is 4.00. The number of rotatable bonds is 6. The number of carboxylic acid groups (broad SMARTS) is 1. The van der Waals surface area contributed by atoms with Crippen molar-refractivity contribution in [1.29, 1.82) is 0 Å². The quantitative estimate of drug-likeness (QED) is 0.732. The van der Waals surface area contributed by atoms with Crippen molar-refractivity contribution in [1.82, 2.24) is 15.1 Å². The maximum atomic E-state index is 12.4. The van der Waals surface area contributed by atoms with E-state index in [1.54, 1.807) is 0 Å². The smallest absolute Gasteiger partial charge is 0.318 e. The van der Waals surface area contributed by atoms with Crippen LogP contribution < -0.4 is 5.32 Å². The van der Waals surface area contributed by atoms with Gasteiger partial charge >= 0.3 is 12.0 Å². The molecule has 0 spiro atoms. The first-order valence-corrected chi connectivity index (χ1v) is 8.20. The molecule has 0 aromatic rings. The molecule has 2 rings (SSSR count). The minimum atomic E-state index is -0.795. The van der Waals surface area contributed by atoms with Crippen LogP contribution in [-0.2, 0) is 4.79 Å². The highest BCUT2D eigenvalue weighted by molar-refractivity contribution is 5.75. The average Bonchev–Trinajstić information content (AvgIpc) is 2.48. The molecule has 1 unspecified atom stereocenters. The molecular weight excluding hydrogens is 282 g/mol. The van der Waals surface area contributed by atoms with Crippen molar-refractivity contribution in [3.8, 4) is 0 Å². The Balaban J connectivity index is 1.77. The summed E-state index contributed by atoms with van der Waals surface area (Å²) < 4.78 is 0. The zero-order valence-corrected chi connectivity index (χ0v) is 13.3. The number of nitrogens with one attached hydrogen (secondary N) is 1. The second-order valence-corrected chi connectivity index (χ2v) is 6.22. The van der Waals surface area contributed by atoms with Crippen LogP contribution in [0.25, 0.3) is 0 Å². The van der Waals surface area contributed by atoms with Gasteiger partial charge in [-0.05, 0) is 38.6 Å². The van der Waals surface area contributed by atoms with Gasteiger partial charge in [0.25, 0.3) is 0 Å². The van der Waals surface area contributed by atoms with Crippen LogP contribution in [0.2, 0.25) is 0 Å². The average molecular weight is 309 g/mol. The molecule has 1 aliphatic carbocycles. The fourth-order valence-corrected chi connectivity index (χ4v) is 3.39. The molecule has 0 radical (unpaired) electrons. The van der Waals surface area contributed by atoms with E-state index in [-0.39, 0.29) is 30.7 Å². The van der Waals surface area contributed by atoms with E-state index in [2.05, 4.69) is 11.9 Å². The first-order chi connectivity index (χ1) is 10.5. The van der Waals surface area contributed by atoms with Crippen molar-refractivity contribution in [2.45, 2.75) is 57.2 Å². The van der Waals surface area contributed by atoms with Gasteiger partial charge in [-0.15, -0.1) is 6.58 Å². The Kier molecular flexibility index (Phi) is 5.83. The van der Waals surface area contributed by atoms with Gasteiger partial charge in [-0.25, -0.2) is 4.79 Å². The van der Waals surface area contributed by atoms with Crippen LogP contribution in [0, 0.1) is 0 Å². The highest BCUT2D eigenvalue weighted by atomic mass is 16.4. The molecule has 0 bridgehead atoms. The van der Waals surface area contributed by atoms with Gasteiger partial charge in [0.05, 0.1) is 12.6 Å². The lowest BCUT2D eigenvalue weighted by molar-refractivity contribution is -0.139. The maximum Gasteiger partial charge on any atom is 0.318 e. The highest BCUT2D eigenvalue weighted by Crippen LogP contribution is 2.26. The summed E-state index contributed by atoms with van der Waals surface area (Å²) in [4.78, 5) is 27.0. The standard InChI is InChI=1S/C16H27N3O3/c1-3-13-7-5-6-8-19(13)16(22)17-12-9-14(10-12)18(4-2)11-15(20)21/h3,12-14H,1,4-11H2,2H3,(H,17,22)(H,20,21). The number of carbonyl (C=O) groups is 2. The van der Waals surface area contributed by atoms with Crippen molar-refractivity contribution in [2.75, 3.05) is 19.6 Å². The number of urea groups is 1. The SMILES string of the molecule is C=CC1CCCCN1C(=O)NC1CC(N(CC)CC(=O)O)C1. The van der Waals surface area contributed by atoms with Crippen LogP contribution in [0.3, 0.4) is 0 Å². The molecule has 2 fully saturated rings. The van der Waals surface area contributed by atoms with Gasteiger partial charge in [-0.2, -0.15) is 0 Å². The Bertz CT molecular complexity index is 421. The van der Waals surface area contributed by atoms with E-state index < -0.39 is 5.97 Å². The van der Waals surface area contributed by atoms with Gasteiger partial charge in [0.15, 0.2) is 0 Å². The van der Waals surface area contributed by atoms with Crippen LogP contribution in [0.4, 0.5) is 4.79 Å². The summed E-state index contributed by atoms with van der Waals surface area (Å²) >= 11 is 0. The Labute approximate surface area is 132 Å². The van der Waals surface area contributed by atoms with Crippen LogP contribution in [0.1, 0.15) is 39.0 Å². The molecule has 124 valence electrons. The number of carbonyl (C=O) groups excluding carboxylic acids is 1. The lowest BCUT2D eigenvalue weighted by atomic mass is 9.85. The summed E-state index contributed by atoms with van der Waals surface area (Å²) in [6, 6.07) is 0.564. The van der Waals surface area contributed by atoms with Crippen LogP contribution in [0.15, 0.2) is 12.7 Å². The molecule has 6 heteroatoms. The molecule has 0 aromatic heterocycles. The molecule has 1 atom stereocenters. The molecule has 2 N–H and O–H groups in total. The molecule has 2 aliphatic rings. The largest absolute Gasteiger partial charge is 0.480 e. The molecule has 1 saturated carbocycles. The molecule has 2 amide bonds. The zero-order valence-electron chi connectivity index (χ0n) is 13.3. The summed E-state index contributed by atoms with van der Waals surface area (Å²) in [5.41, 5.74) is 0. The van der Waals surface area contributed by atoms with E-state index in [1.807, 2.05) is 22.8 Å². The number of hydrogen-bond donors (Lipinski definition) is 2. The Morgan fingerprint density at radius 2 is 2.14 bits per heavy atom. The summed E-state index contributed by atoms with van der Waals surface area (Å²) in [6.45, 7) is 7.38. The Hall–Kier alpha value is -1.56. The predicted octanol–water partition coefficient (Wildman–Crippen LogP) is 1.67.